The first-order valence-electron chi connectivity index (χ1n) is 16.9. The van der Waals surface area contributed by atoms with Gasteiger partial charge in [0.05, 0.1) is 35.9 Å². The number of aromatic nitrogens is 4. The lowest BCUT2D eigenvalue weighted by molar-refractivity contribution is -0.138. The summed E-state index contributed by atoms with van der Waals surface area (Å²) in [5, 5.41) is 3.43. The molecule has 47 heavy (non-hydrogen) atoms. The molecule has 2 aliphatic rings. The highest BCUT2D eigenvalue weighted by atomic mass is 19.1. The van der Waals surface area contributed by atoms with E-state index in [1.54, 1.807) is 12.3 Å². The summed E-state index contributed by atoms with van der Waals surface area (Å²) in [7, 11) is 0. The number of benzene rings is 3. The van der Waals surface area contributed by atoms with Gasteiger partial charge in [-0.2, -0.15) is 0 Å². The second-order valence-electron chi connectivity index (χ2n) is 12.5. The maximum Gasteiger partial charge on any atom is 0.245 e. The van der Waals surface area contributed by atoms with Gasteiger partial charge in [0.15, 0.2) is 0 Å². The van der Waals surface area contributed by atoms with Gasteiger partial charge in [0.25, 0.3) is 0 Å². The number of hydrogen-bond donors (Lipinski definition) is 3. The molecule has 2 aliphatic heterocycles. The topological polar surface area (TPSA) is 92.9 Å². The molecule has 1 amide bonds. The SMILES string of the molecule is CCN(CC)[C@@H](C(=O)N1CCC[C@H]1c1ncc(-c2ccc(-c3ccc(-c4cnc([C@@H]5CCCN5)[nH]4)c(F)c3)cc2)[nH]1)c1ccccc1. The van der Waals surface area contributed by atoms with Crippen LogP contribution in [0.15, 0.2) is 85.2 Å². The molecule has 0 bridgehead atoms. The lowest BCUT2D eigenvalue weighted by atomic mass is 10.0. The van der Waals surface area contributed by atoms with Gasteiger partial charge in [-0.1, -0.05) is 74.5 Å². The zero-order valence-electron chi connectivity index (χ0n) is 27.0. The van der Waals surface area contributed by atoms with Crippen LogP contribution in [0, 0.1) is 5.82 Å². The number of carbonyl (C=O) groups is 1. The monoisotopic (exact) mass is 631 g/mol. The van der Waals surface area contributed by atoms with E-state index in [1.165, 1.54) is 0 Å². The molecule has 2 aromatic heterocycles. The average molecular weight is 632 g/mol. The molecule has 0 spiro atoms. The van der Waals surface area contributed by atoms with Crippen molar-refractivity contribution in [1.29, 1.82) is 0 Å². The Labute approximate surface area is 275 Å². The molecule has 0 radical (unpaired) electrons. The van der Waals surface area contributed by atoms with Gasteiger partial charge in [0.2, 0.25) is 5.91 Å². The summed E-state index contributed by atoms with van der Waals surface area (Å²) in [6, 6.07) is 23.3. The Bertz CT molecular complexity index is 1810. The Hall–Kier alpha value is -4.60. The molecule has 3 atom stereocenters. The molecular formula is C38H42FN7O. The van der Waals surface area contributed by atoms with E-state index in [4.69, 9.17) is 4.98 Å². The number of nitrogens with one attached hydrogen (secondary N) is 3. The molecule has 4 heterocycles. The molecule has 242 valence electrons. The summed E-state index contributed by atoms with van der Waals surface area (Å²) in [5.74, 6) is 1.51. The summed E-state index contributed by atoms with van der Waals surface area (Å²) in [5.41, 5.74) is 5.83. The molecular weight excluding hydrogens is 589 g/mol. The fraction of sp³-hybridized carbons (Fsp3) is 0.342. The predicted molar refractivity (Wildman–Crippen MR) is 183 cm³/mol. The van der Waals surface area contributed by atoms with E-state index < -0.39 is 0 Å². The molecule has 0 unspecified atom stereocenters. The first-order chi connectivity index (χ1) is 23.0. The Kier molecular flexibility index (Phi) is 9.00. The second kappa shape index (κ2) is 13.6. The number of aromatic amines is 2. The van der Waals surface area contributed by atoms with Crippen LogP contribution in [0.2, 0.25) is 0 Å². The van der Waals surface area contributed by atoms with Gasteiger partial charge >= 0.3 is 0 Å². The van der Waals surface area contributed by atoms with Crippen LogP contribution in [-0.2, 0) is 4.79 Å². The van der Waals surface area contributed by atoms with Gasteiger partial charge < -0.3 is 20.2 Å². The fourth-order valence-electron chi connectivity index (χ4n) is 7.18. The van der Waals surface area contributed by atoms with E-state index in [1.807, 2.05) is 77.8 Å². The minimum Gasteiger partial charge on any atom is -0.341 e. The van der Waals surface area contributed by atoms with Crippen LogP contribution in [0.1, 0.15) is 74.9 Å². The van der Waals surface area contributed by atoms with Crippen molar-refractivity contribution in [3.8, 4) is 33.6 Å². The standard InChI is InChI=1S/C38H42FN7O/c1-3-45(4-2)35(27-10-6-5-7-11-27)38(47)46-21-9-13-34(46)37-42-23-32(43-37)26-16-14-25(15-17-26)28-18-19-29(30(39)22-28)33-24-41-36(44-33)31-12-8-20-40-31/h5-7,10-11,14-19,22-24,31,34-35,40H,3-4,8-9,12-13,20-21H2,1-2H3,(H,41,44)(H,42,43)/t31-,34-,35+/m0/s1. The quantitative estimate of drug-likeness (QED) is 0.149. The maximum atomic E-state index is 15.3. The number of rotatable bonds is 10. The van der Waals surface area contributed by atoms with Crippen molar-refractivity contribution in [3.63, 3.8) is 0 Å². The minimum absolute atomic E-state index is 0.0980. The molecule has 3 N–H and O–H groups in total. The van der Waals surface area contributed by atoms with E-state index in [2.05, 4.69) is 39.0 Å². The van der Waals surface area contributed by atoms with E-state index in [-0.39, 0.29) is 29.8 Å². The fourth-order valence-corrected chi connectivity index (χ4v) is 7.18. The number of hydrogen-bond acceptors (Lipinski definition) is 5. The van der Waals surface area contributed by atoms with Crippen LogP contribution < -0.4 is 5.32 Å². The van der Waals surface area contributed by atoms with Crippen molar-refractivity contribution < 1.29 is 9.18 Å². The van der Waals surface area contributed by atoms with Gasteiger partial charge in [-0.3, -0.25) is 9.69 Å². The third-order valence-electron chi connectivity index (χ3n) is 9.75. The summed E-state index contributed by atoms with van der Waals surface area (Å²) in [6.45, 7) is 7.50. The molecule has 2 saturated heterocycles. The van der Waals surface area contributed by atoms with Gasteiger partial charge in [-0.15, -0.1) is 0 Å². The molecule has 5 aromatic rings. The van der Waals surface area contributed by atoms with E-state index in [9.17, 15) is 4.79 Å². The average Bonchev–Trinajstić information content (AvgIpc) is 3.94. The molecule has 9 heteroatoms. The number of amides is 1. The van der Waals surface area contributed by atoms with Crippen LogP contribution >= 0.6 is 0 Å². The highest BCUT2D eigenvalue weighted by Crippen LogP contribution is 2.36. The lowest BCUT2D eigenvalue weighted by Gasteiger charge is -2.34. The van der Waals surface area contributed by atoms with Crippen LogP contribution in [0.5, 0.6) is 0 Å². The second-order valence-corrected chi connectivity index (χ2v) is 12.5. The van der Waals surface area contributed by atoms with Crippen molar-refractivity contribution >= 4 is 5.91 Å². The lowest BCUT2D eigenvalue weighted by Crippen LogP contribution is -2.43. The van der Waals surface area contributed by atoms with Crippen LogP contribution in [-0.4, -0.2) is 61.8 Å². The third-order valence-corrected chi connectivity index (χ3v) is 9.75. The summed E-state index contributed by atoms with van der Waals surface area (Å²) >= 11 is 0. The zero-order chi connectivity index (χ0) is 32.3. The Morgan fingerprint density at radius 3 is 2.30 bits per heavy atom. The maximum absolute atomic E-state index is 15.3. The van der Waals surface area contributed by atoms with E-state index in [0.717, 1.165) is 84.9 Å². The van der Waals surface area contributed by atoms with Crippen molar-refractivity contribution in [2.75, 3.05) is 26.2 Å². The summed E-state index contributed by atoms with van der Waals surface area (Å²) in [6.07, 6.45) is 7.53. The van der Waals surface area contributed by atoms with Crippen molar-refractivity contribution in [2.24, 2.45) is 0 Å². The number of likely N-dealkylation sites (tertiary alicyclic amines) is 1. The molecule has 0 saturated carbocycles. The first-order valence-corrected chi connectivity index (χ1v) is 16.9. The van der Waals surface area contributed by atoms with Gasteiger partial charge in [-0.05, 0) is 79.7 Å². The molecule has 0 aliphatic carbocycles. The number of H-pyrrole nitrogens is 2. The van der Waals surface area contributed by atoms with Gasteiger partial charge in [-0.25, -0.2) is 14.4 Å². The zero-order valence-corrected chi connectivity index (χ0v) is 27.0. The molecule has 8 nitrogen and oxygen atoms in total. The molecule has 3 aromatic carbocycles. The van der Waals surface area contributed by atoms with Gasteiger partial charge in [0.1, 0.15) is 23.5 Å². The normalized spacial score (nSPS) is 18.7. The highest BCUT2D eigenvalue weighted by molar-refractivity contribution is 5.84. The number of carbonyl (C=O) groups excluding carboxylic acids is 1. The number of halogens is 1. The third kappa shape index (κ3) is 6.25. The number of imidazole rings is 2. The molecule has 2 fully saturated rings. The van der Waals surface area contributed by atoms with E-state index in [0.29, 0.717) is 17.8 Å². The Morgan fingerprint density at radius 1 is 0.872 bits per heavy atom. The van der Waals surface area contributed by atoms with Crippen LogP contribution in [0.25, 0.3) is 33.6 Å². The van der Waals surface area contributed by atoms with Crippen molar-refractivity contribution in [3.05, 3.63) is 108 Å². The Morgan fingerprint density at radius 2 is 1.57 bits per heavy atom. The predicted octanol–water partition coefficient (Wildman–Crippen LogP) is 7.44. The van der Waals surface area contributed by atoms with Crippen LogP contribution in [0.3, 0.4) is 0 Å². The number of nitrogens with zero attached hydrogens (tertiary/aromatic N) is 4. The molecule has 7 rings (SSSR count). The Balaban J connectivity index is 1.06. The highest BCUT2D eigenvalue weighted by Gasteiger charge is 2.38. The first kappa shape index (κ1) is 31.0. The number of likely N-dealkylation sites (N-methyl/N-ethyl adjacent to an activating group) is 1. The smallest absolute Gasteiger partial charge is 0.245 e. The largest absolute Gasteiger partial charge is 0.341 e. The van der Waals surface area contributed by atoms with Crippen molar-refractivity contribution in [2.45, 2.75) is 57.7 Å². The van der Waals surface area contributed by atoms with Crippen molar-refractivity contribution in [1.82, 2.24) is 35.1 Å². The van der Waals surface area contributed by atoms with E-state index >= 15 is 4.39 Å². The summed E-state index contributed by atoms with van der Waals surface area (Å²) < 4.78 is 15.3. The summed E-state index contributed by atoms with van der Waals surface area (Å²) in [4.78, 5) is 34.4. The van der Waals surface area contributed by atoms with Crippen LogP contribution in [0.4, 0.5) is 4.39 Å². The minimum atomic E-state index is -0.321. The van der Waals surface area contributed by atoms with Gasteiger partial charge in [0, 0.05) is 12.1 Å².